The molecule has 0 amide bonds. The van der Waals surface area contributed by atoms with Gasteiger partial charge >= 0.3 is 35.5 Å². The van der Waals surface area contributed by atoms with E-state index in [0.29, 0.717) is 12.8 Å². The van der Waals surface area contributed by atoms with Crippen LogP contribution in [0.5, 0.6) is 0 Å². The van der Waals surface area contributed by atoms with Gasteiger partial charge in [-0.15, -0.1) is 0 Å². The van der Waals surface area contributed by atoms with E-state index in [2.05, 4.69) is 0 Å². The van der Waals surface area contributed by atoms with Crippen LogP contribution in [-0.4, -0.2) is 52.3 Å². The summed E-state index contributed by atoms with van der Waals surface area (Å²) < 4.78 is 0. The summed E-state index contributed by atoms with van der Waals surface area (Å²) >= 11 is 0. The summed E-state index contributed by atoms with van der Waals surface area (Å²) in [5, 5.41) is 17.1. The first-order valence-electron chi connectivity index (χ1n) is 4.06. The summed E-state index contributed by atoms with van der Waals surface area (Å²) in [6, 6.07) is 0. The Morgan fingerprint density at radius 1 is 1.42 bits per heavy atom. The van der Waals surface area contributed by atoms with Crippen LogP contribution in [0.2, 0.25) is 0 Å². The third-order valence-corrected chi connectivity index (χ3v) is 1.70. The second-order valence-electron chi connectivity index (χ2n) is 2.69. The van der Waals surface area contributed by atoms with Gasteiger partial charge in [0.05, 0.1) is 5.92 Å². The number of hydrogen-bond acceptors (Lipinski definition) is 2. The van der Waals surface area contributed by atoms with Crippen molar-refractivity contribution in [1.29, 1.82) is 0 Å². The Balaban J connectivity index is 0. The van der Waals surface area contributed by atoms with Crippen molar-refractivity contribution in [1.82, 2.24) is 0 Å². The molecule has 0 saturated carbocycles. The maximum atomic E-state index is 10.5. The summed E-state index contributed by atoms with van der Waals surface area (Å²) in [5.74, 6) is -0.993. The standard InChI is InChI=1S/C8H16O3.Na.H/c1-2-4-7(8(10)11)5-3-6-9;;/h7,9H,2-6H2,1H3,(H,10,11);;. The molecule has 3 nitrogen and oxygen atoms in total. The topological polar surface area (TPSA) is 57.5 Å². The van der Waals surface area contributed by atoms with Crippen molar-refractivity contribution < 1.29 is 15.0 Å². The average Bonchev–Trinajstić information content (AvgIpc) is 1.97. The predicted molar refractivity (Wildman–Crippen MR) is 49.5 cm³/mol. The molecular weight excluding hydrogens is 167 g/mol. The quantitative estimate of drug-likeness (QED) is 0.595. The Morgan fingerprint density at radius 3 is 2.33 bits per heavy atom. The van der Waals surface area contributed by atoms with E-state index in [1.807, 2.05) is 6.92 Å². The van der Waals surface area contributed by atoms with E-state index in [4.69, 9.17) is 10.2 Å². The van der Waals surface area contributed by atoms with Gasteiger partial charge in [-0.1, -0.05) is 13.3 Å². The maximum absolute atomic E-state index is 10.5. The third kappa shape index (κ3) is 7.10. The van der Waals surface area contributed by atoms with Crippen molar-refractivity contribution in [3.8, 4) is 0 Å². The van der Waals surface area contributed by atoms with Gasteiger partial charge < -0.3 is 10.2 Å². The first kappa shape index (κ1) is 14.9. The van der Waals surface area contributed by atoms with Gasteiger partial charge in [-0.3, -0.25) is 4.79 Å². The molecule has 1 atom stereocenters. The SMILES string of the molecule is CCCC(CCCO)C(=O)O.[NaH]. The molecule has 0 aromatic heterocycles. The first-order valence-corrected chi connectivity index (χ1v) is 4.06. The number of carbonyl (C=O) groups is 1. The second kappa shape index (κ2) is 9.52. The normalized spacial score (nSPS) is 11.8. The van der Waals surface area contributed by atoms with Gasteiger partial charge in [-0.25, -0.2) is 0 Å². The Labute approximate surface area is 95.5 Å². The van der Waals surface area contributed by atoms with E-state index in [-0.39, 0.29) is 42.1 Å². The van der Waals surface area contributed by atoms with Crippen LogP contribution in [0.4, 0.5) is 0 Å². The molecule has 0 aromatic carbocycles. The van der Waals surface area contributed by atoms with Crippen LogP contribution in [0.1, 0.15) is 32.6 Å². The van der Waals surface area contributed by atoms with Crippen LogP contribution in [0, 0.1) is 5.92 Å². The molecule has 0 bridgehead atoms. The minimum atomic E-state index is -0.736. The van der Waals surface area contributed by atoms with Crippen LogP contribution in [0.3, 0.4) is 0 Å². The predicted octanol–water partition coefficient (Wildman–Crippen LogP) is 0.611. The van der Waals surface area contributed by atoms with Gasteiger partial charge in [-0.05, 0) is 19.3 Å². The number of carboxylic acids is 1. The molecule has 2 N–H and O–H groups in total. The van der Waals surface area contributed by atoms with Crippen molar-refractivity contribution >= 4 is 35.5 Å². The fourth-order valence-electron chi connectivity index (χ4n) is 1.08. The number of aliphatic hydroxyl groups excluding tert-OH is 1. The fraction of sp³-hybridized carbons (Fsp3) is 0.875. The van der Waals surface area contributed by atoms with Gasteiger partial charge in [0, 0.05) is 6.61 Å². The molecule has 0 aliphatic rings. The molecule has 0 radical (unpaired) electrons. The van der Waals surface area contributed by atoms with Gasteiger partial charge in [-0.2, -0.15) is 0 Å². The van der Waals surface area contributed by atoms with Crippen molar-refractivity contribution in [3.05, 3.63) is 0 Å². The van der Waals surface area contributed by atoms with Crippen LogP contribution < -0.4 is 0 Å². The van der Waals surface area contributed by atoms with Crippen LogP contribution in [0.25, 0.3) is 0 Å². The first-order chi connectivity index (χ1) is 5.22. The fourth-order valence-corrected chi connectivity index (χ4v) is 1.08. The Morgan fingerprint density at radius 2 is 2.00 bits per heavy atom. The van der Waals surface area contributed by atoms with E-state index in [1.165, 1.54) is 0 Å². The van der Waals surface area contributed by atoms with Gasteiger partial charge in [0.2, 0.25) is 0 Å². The van der Waals surface area contributed by atoms with E-state index in [0.717, 1.165) is 12.8 Å². The van der Waals surface area contributed by atoms with Crippen LogP contribution >= 0.6 is 0 Å². The zero-order chi connectivity index (χ0) is 8.69. The third-order valence-electron chi connectivity index (χ3n) is 1.70. The molecule has 0 heterocycles. The van der Waals surface area contributed by atoms with Crippen molar-refractivity contribution in [2.75, 3.05) is 6.61 Å². The molecule has 68 valence electrons. The van der Waals surface area contributed by atoms with E-state index in [1.54, 1.807) is 0 Å². The molecule has 0 rings (SSSR count). The average molecular weight is 184 g/mol. The zero-order valence-electron chi connectivity index (χ0n) is 6.92. The monoisotopic (exact) mass is 184 g/mol. The summed E-state index contributed by atoms with van der Waals surface area (Å²) in [5.41, 5.74) is 0. The molecule has 0 saturated heterocycles. The molecule has 12 heavy (non-hydrogen) atoms. The molecule has 4 heteroatoms. The van der Waals surface area contributed by atoms with Crippen LogP contribution in [0.15, 0.2) is 0 Å². The Bertz CT molecular complexity index is 117. The number of hydrogen-bond donors (Lipinski definition) is 2. The van der Waals surface area contributed by atoms with E-state index in [9.17, 15) is 4.79 Å². The van der Waals surface area contributed by atoms with Gasteiger partial charge in [0.15, 0.2) is 0 Å². The summed E-state index contributed by atoms with van der Waals surface area (Å²) in [6.45, 7) is 2.06. The molecule has 0 aromatic rings. The number of rotatable bonds is 6. The zero-order valence-corrected chi connectivity index (χ0v) is 6.92. The Hall–Kier alpha value is 0.430. The van der Waals surface area contributed by atoms with Crippen LogP contribution in [-0.2, 0) is 4.79 Å². The molecule has 0 spiro atoms. The summed E-state index contributed by atoms with van der Waals surface area (Å²) in [6.07, 6.45) is 2.80. The van der Waals surface area contributed by atoms with Gasteiger partial charge in [0.25, 0.3) is 0 Å². The summed E-state index contributed by atoms with van der Waals surface area (Å²) in [7, 11) is 0. The minimum absolute atomic E-state index is 0. The second-order valence-corrected chi connectivity index (χ2v) is 2.69. The van der Waals surface area contributed by atoms with E-state index < -0.39 is 5.97 Å². The molecule has 1 unspecified atom stereocenters. The number of carboxylic acid groups (broad SMARTS) is 1. The van der Waals surface area contributed by atoms with E-state index >= 15 is 0 Å². The van der Waals surface area contributed by atoms with Crippen molar-refractivity contribution in [2.45, 2.75) is 32.6 Å². The number of aliphatic hydroxyl groups is 1. The van der Waals surface area contributed by atoms with Crippen molar-refractivity contribution in [2.24, 2.45) is 5.92 Å². The molecule has 0 aliphatic carbocycles. The van der Waals surface area contributed by atoms with Crippen molar-refractivity contribution in [3.63, 3.8) is 0 Å². The summed E-state index contributed by atoms with van der Waals surface area (Å²) in [4.78, 5) is 10.5. The number of aliphatic carboxylic acids is 1. The van der Waals surface area contributed by atoms with Gasteiger partial charge in [0.1, 0.15) is 0 Å². The molecular formula is C8H17NaO3. The molecule has 0 fully saturated rings. The Kier molecular flexibility index (Phi) is 11.8. The molecule has 0 aliphatic heterocycles.